The molecule has 0 saturated heterocycles. The van der Waals surface area contributed by atoms with Gasteiger partial charge in [0.1, 0.15) is 0 Å². The number of hydroxylamine groups is 2. The maximum Gasteiger partial charge on any atom is 0.307 e. The molecule has 0 bridgehead atoms. The zero-order valence-corrected chi connectivity index (χ0v) is 14.5. The number of hydrogen-bond donors (Lipinski definition) is 0. The van der Waals surface area contributed by atoms with Gasteiger partial charge in [0.2, 0.25) is 0 Å². The fourth-order valence-corrected chi connectivity index (χ4v) is 2.40. The third kappa shape index (κ3) is 5.65. The lowest BCUT2D eigenvalue weighted by Gasteiger charge is -2.34. The fraction of sp³-hybridized carbons (Fsp3) is 0.529. The summed E-state index contributed by atoms with van der Waals surface area (Å²) in [6.07, 6.45) is 0.220. The van der Waals surface area contributed by atoms with Crippen molar-refractivity contribution in [2.75, 3.05) is 27.8 Å². The van der Waals surface area contributed by atoms with Gasteiger partial charge >= 0.3 is 5.97 Å². The van der Waals surface area contributed by atoms with E-state index in [9.17, 15) is 9.59 Å². The minimum atomic E-state index is -0.296. The van der Waals surface area contributed by atoms with Crippen LogP contribution in [0.15, 0.2) is 30.3 Å². The summed E-state index contributed by atoms with van der Waals surface area (Å²) in [5, 5.41) is 1.19. The van der Waals surface area contributed by atoms with Gasteiger partial charge in [-0.2, -0.15) is 0 Å². The standard InChI is InChI=1S/C17H26N2O4/c1-13(11-17(21)22-4)19(12-16(20)18(3)23-5)14(2)15-9-7-6-8-10-15/h6-10,13-14H,11-12H2,1-5H3/t13-,14-/m1/s1. The van der Waals surface area contributed by atoms with Gasteiger partial charge in [0, 0.05) is 19.1 Å². The van der Waals surface area contributed by atoms with Crippen molar-refractivity contribution in [3.8, 4) is 0 Å². The van der Waals surface area contributed by atoms with Gasteiger partial charge in [0.25, 0.3) is 5.91 Å². The molecule has 2 atom stereocenters. The number of benzene rings is 1. The zero-order valence-electron chi connectivity index (χ0n) is 14.5. The number of ether oxygens (including phenoxy) is 1. The molecule has 0 aliphatic heterocycles. The lowest BCUT2D eigenvalue weighted by Crippen LogP contribution is -2.44. The molecule has 0 spiro atoms. The highest BCUT2D eigenvalue weighted by atomic mass is 16.7. The average Bonchev–Trinajstić information content (AvgIpc) is 2.58. The number of methoxy groups -OCH3 is 1. The van der Waals surface area contributed by atoms with Gasteiger partial charge in [-0.05, 0) is 19.4 Å². The minimum absolute atomic E-state index is 0.0231. The van der Waals surface area contributed by atoms with E-state index in [0.29, 0.717) is 0 Å². The normalized spacial score (nSPS) is 13.5. The number of nitrogens with zero attached hydrogens (tertiary/aromatic N) is 2. The second kappa shape index (κ2) is 9.27. The Bertz CT molecular complexity index is 507. The number of amides is 1. The smallest absolute Gasteiger partial charge is 0.307 e. The Kier molecular flexibility index (Phi) is 7.71. The molecule has 1 aromatic carbocycles. The quantitative estimate of drug-likeness (QED) is 0.541. The Labute approximate surface area is 137 Å². The average molecular weight is 322 g/mol. The van der Waals surface area contributed by atoms with Gasteiger partial charge in [0.15, 0.2) is 0 Å². The topological polar surface area (TPSA) is 59.1 Å². The zero-order chi connectivity index (χ0) is 17.4. The van der Waals surface area contributed by atoms with Crippen molar-refractivity contribution < 1.29 is 19.2 Å². The van der Waals surface area contributed by atoms with Crippen molar-refractivity contribution in [3.63, 3.8) is 0 Å². The first-order chi connectivity index (χ1) is 10.9. The van der Waals surface area contributed by atoms with E-state index in [1.54, 1.807) is 7.05 Å². The summed E-state index contributed by atoms with van der Waals surface area (Å²) in [4.78, 5) is 30.7. The Morgan fingerprint density at radius 3 is 2.26 bits per heavy atom. The molecular formula is C17H26N2O4. The number of esters is 1. The first-order valence-electron chi connectivity index (χ1n) is 7.58. The van der Waals surface area contributed by atoms with Crippen molar-refractivity contribution in [3.05, 3.63) is 35.9 Å². The SMILES string of the molecule is COC(=O)C[C@@H](C)N(CC(=O)N(C)OC)[C@H](C)c1ccccc1. The van der Waals surface area contributed by atoms with Gasteiger partial charge in [-0.15, -0.1) is 0 Å². The van der Waals surface area contributed by atoms with Crippen LogP contribution in [-0.4, -0.2) is 55.7 Å². The molecule has 6 nitrogen and oxygen atoms in total. The van der Waals surface area contributed by atoms with E-state index in [4.69, 9.17) is 9.57 Å². The summed E-state index contributed by atoms with van der Waals surface area (Å²) in [5.41, 5.74) is 1.08. The van der Waals surface area contributed by atoms with Crippen molar-refractivity contribution in [2.45, 2.75) is 32.4 Å². The number of rotatable bonds is 8. The molecular weight excluding hydrogens is 296 g/mol. The molecule has 0 heterocycles. The van der Waals surface area contributed by atoms with Crippen molar-refractivity contribution >= 4 is 11.9 Å². The maximum atomic E-state index is 12.2. The van der Waals surface area contributed by atoms with Crippen LogP contribution in [0.5, 0.6) is 0 Å². The number of carbonyl (C=O) groups is 2. The predicted octanol–water partition coefficient (Wildman–Crippen LogP) is 2.02. The third-order valence-electron chi connectivity index (χ3n) is 3.98. The van der Waals surface area contributed by atoms with Gasteiger partial charge < -0.3 is 4.74 Å². The highest BCUT2D eigenvalue weighted by Gasteiger charge is 2.27. The molecule has 0 unspecified atom stereocenters. The molecule has 0 N–H and O–H groups in total. The minimum Gasteiger partial charge on any atom is -0.469 e. The summed E-state index contributed by atoms with van der Waals surface area (Å²) in [6, 6.07) is 9.70. The van der Waals surface area contributed by atoms with Gasteiger partial charge in [-0.25, -0.2) is 5.06 Å². The Morgan fingerprint density at radius 2 is 1.74 bits per heavy atom. The maximum absolute atomic E-state index is 12.2. The second-order valence-electron chi connectivity index (χ2n) is 5.46. The van der Waals surface area contributed by atoms with Gasteiger partial charge in [0.05, 0.1) is 27.2 Å². The van der Waals surface area contributed by atoms with E-state index >= 15 is 0 Å². The lowest BCUT2D eigenvalue weighted by molar-refractivity contribution is -0.171. The van der Waals surface area contributed by atoms with Gasteiger partial charge in [-0.3, -0.25) is 19.3 Å². The Balaban J connectivity index is 2.95. The number of carbonyl (C=O) groups excluding carboxylic acids is 2. The van der Waals surface area contributed by atoms with Crippen LogP contribution in [0, 0.1) is 0 Å². The first kappa shape index (κ1) is 19.1. The summed E-state index contributed by atoms with van der Waals surface area (Å²) in [5.74, 6) is -0.470. The van der Waals surface area contributed by atoms with E-state index in [-0.39, 0.29) is 36.9 Å². The van der Waals surface area contributed by atoms with Crippen LogP contribution < -0.4 is 0 Å². The fourth-order valence-electron chi connectivity index (χ4n) is 2.40. The van der Waals surface area contributed by atoms with E-state index < -0.39 is 0 Å². The first-order valence-corrected chi connectivity index (χ1v) is 7.58. The lowest BCUT2D eigenvalue weighted by atomic mass is 10.0. The van der Waals surface area contributed by atoms with Crippen LogP contribution in [0.3, 0.4) is 0 Å². The predicted molar refractivity (Wildman–Crippen MR) is 87.4 cm³/mol. The summed E-state index contributed by atoms with van der Waals surface area (Å²) in [7, 11) is 4.38. The summed E-state index contributed by atoms with van der Waals surface area (Å²) in [6.45, 7) is 4.08. The van der Waals surface area contributed by atoms with Gasteiger partial charge in [-0.1, -0.05) is 30.3 Å². The Hall–Kier alpha value is -1.92. The van der Waals surface area contributed by atoms with Crippen LogP contribution in [-0.2, 0) is 19.2 Å². The van der Waals surface area contributed by atoms with E-state index in [2.05, 4.69) is 0 Å². The van der Waals surface area contributed by atoms with E-state index in [1.807, 2.05) is 49.1 Å². The summed E-state index contributed by atoms with van der Waals surface area (Å²) >= 11 is 0. The summed E-state index contributed by atoms with van der Waals surface area (Å²) < 4.78 is 4.74. The number of likely N-dealkylation sites (N-methyl/N-ethyl adjacent to an activating group) is 1. The third-order valence-corrected chi connectivity index (χ3v) is 3.98. The van der Waals surface area contributed by atoms with E-state index in [1.165, 1.54) is 19.3 Å². The molecule has 1 aromatic rings. The highest BCUT2D eigenvalue weighted by Crippen LogP contribution is 2.23. The van der Waals surface area contributed by atoms with Crippen molar-refractivity contribution in [1.82, 2.24) is 9.96 Å². The van der Waals surface area contributed by atoms with Crippen LogP contribution >= 0.6 is 0 Å². The molecule has 128 valence electrons. The molecule has 1 rings (SSSR count). The molecule has 0 aliphatic rings. The van der Waals surface area contributed by atoms with Crippen LogP contribution in [0.1, 0.15) is 31.9 Å². The molecule has 23 heavy (non-hydrogen) atoms. The largest absolute Gasteiger partial charge is 0.469 e. The molecule has 0 saturated carbocycles. The molecule has 0 fully saturated rings. The van der Waals surface area contributed by atoms with Crippen LogP contribution in [0.25, 0.3) is 0 Å². The van der Waals surface area contributed by atoms with Crippen LogP contribution in [0.2, 0.25) is 0 Å². The second-order valence-corrected chi connectivity index (χ2v) is 5.46. The molecule has 0 aromatic heterocycles. The Morgan fingerprint density at radius 1 is 1.13 bits per heavy atom. The highest BCUT2D eigenvalue weighted by molar-refractivity contribution is 5.77. The molecule has 6 heteroatoms. The van der Waals surface area contributed by atoms with E-state index in [0.717, 1.165) is 5.56 Å². The monoisotopic (exact) mass is 322 g/mol. The molecule has 0 radical (unpaired) electrons. The van der Waals surface area contributed by atoms with Crippen molar-refractivity contribution in [2.24, 2.45) is 0 Å². The number of hydrogen-bond acceptors (Lipinski definition) is 5. The molecule has 0 aliphatic carbocycles. The van der Waals surface area contributed by atoms with Crippen LogP contribution in [0.4, 0.5) is 0 Å². The van der Waals surface area contributed by atoms with Crippen molar-refractivity contribution in [1.29, 1.82) is 0 Å². The molecule has 1 amide bonds.